The molecule has 4 aromatic rings. The molecule has 0 radical (unpaired) electrons. The van der Waals surface area contributed by atoms with E-state index in [4.69, 9.17) is 0 Å². The highest BCUT2D eigenvalue weighted by molar-refractivity contribution is 6.03. The van der Waals surface area contributed by atoms with Crippen molar-refractivity contribution in [2.75, 3.05) is 41.3 Å². The number of piperazine rings is 1. The number of benzene rings is 3. The van der Waals surface area contributed by atoms with Crippen LogP contribution in [-0.2, 0) is 0 Å². The van der Waals surface area contributed by atoms with Crippen molar-refractivity contribution in [2.24, 2.45) is 5.92 Å². The van der Waals surface area contributed by atoms with Gasteiger partial charge in [0, 0.05) is 42.9 Å². The zero-order chi connectivity index (χ0) is 26.7. The van der Waals surface area contributed by atoms with Crippen molar-refractivity contribution in [1.29, 1.82) is 0 Å². The van der Waals surface area contributed by atoms with E-state index in [1.54, 1.807) is 6.20 Å². The third-order valence-electron chi connectivity index (χ3n) is 8.41. The summed E-state index contributed by atoms with van der Waals surface area (Å²) in [5, 5.41) is 4.24. The van der Waals surface area contributed by atoms with Gasteiger partial charge in [0.25, 0.3) is 0 Å². The summed E-state index contributed by atoms with van der Waals surface area (Å²) in [6.07, 6.45) is 5.98. The molecule has 224 valence electrons. The summed E-state index contributed by atoms with van der Waals surface area (Å²) in [5.74, 6) is 0.534. The van der Waals surface area contributed by atoms with E-state index in [2.05, 4.69) is 74.4 Å². The van der Waals surface area contributed by atoms with Gasteiger partial charge in [0.1, 0.15) is 5.66 Å². The number of halogens is 3. The highest BCUT2D eigenvalue weighted by Gasteiger charge is 2.48. The molecule has 1 aromatic heterocycles. The van der Waals surface area contributed by atoms with Gasteiger partial charge >= 0.3 is 6.03 Å². The molecule has 2 amide bonds. The monoisotopic (exact) mass is 627 g/mol. The van der Waals surface area contributed by atoms with Crippen molar-refractivity contribution >= 4 is 71.2 Å². The molecule has 0 bridgehead atoms. The number of rotatable bonds is 5. The lowest BCUT2D eigenvalue weighted by Gasteiger charge is -2.56. The standard InChI is InChI=1S/C33H37N5O.3ClH/c1-26-11-10-18-33(24-26,37-21-19-36(20-22-37)29-13-4-2-5-14-29)38(30-15-6-3-7-16-30)32(39)35-28-23-27-12-8-9-17-31(27)34-25-28;;;/h2-9,12-17,23,25-26H,10-11,18-22,24H2,1H3,(H,35,39);3*1H. The Bertz CT molecular complexity index is 1420. The molecule has 2 fully saturated rings. The van der Waals surface area contributed by atoms with Gasteiger partial charge in [-0.15, -0.1) is 37.2 Å². The van der Waals surface area contributed by atoms with Crippen LogP contribution < -0.4 is 15.1 Å². The Morgan fingerprint density at radius 3 is 2.21 bits per heavy atom. The Morgan fingerprint density at radius 2 is 1.52 bits per heavy atom. The fourth-order valence-electron chi connectivity index (χ4n) is 6.59. The maximum Gasteiger partial charge on any atom is 0.327 e. The highest BCUT2D eigenvalue weighted by atomic mass is 35.5. The molecule has 6 nitrogen and oxygen atoms in total. The molecule has 2 atom stereocenters. The van der Waals surface area contributed by atoms with Crippen LogP contribution >= 0.6 is 37.2 Å². The molecule has 1 saturated carbocycles. The third kappa shape index (κ3) is 6.95. The number of carbonyl (C=O) groups is 1. The van der Waals surface area contributed by atoms with E-state index >= 15 is 0 Å². The zero-order valence-electron chi connectivity index (χ0n) is 23.9. The van der Waals surface area contributed by atoms with Gasteiger partial charge in [0.05, 0.1) is 17.4 Å². The molecule has 2 aliphatic rings. The minimum absolute atomic E-state index is 0. The topological polar surface area (TPSA) is 51.7 Å². The maximum atomic E-state index is 14.3. The van der Waals surface area contributed by atoms with Crippen LogP contribution in [0.2, 0.25) is 0 Å². The number of hydrogen-bond acceptors (Lipinski definition) is 4. The van der Waals surface area contributed by atoms with Crippen molar-refractivity contribution in [2.45, 2.75) is 38.3 Å². The summed E-state index contributed by atoms with van der Waals surface area (Å²) in [7, 11) is 0. The number of amides is 2. The van der Waals surface area contributed by atoms with Gasteiger partial charge in [-0.3, -0.25) is 14.8 Å². The first kappa shape index (κ1) is 33.5. The Morgan fingerprint density at radius 1 is 0.881 bits per heavy atom. The van der Waals surface area contributed by atoms with Gasteiger partial charge in [-0.1, -0.05) is 67.9 Å². The van der Waals surface area contributed by atoms with E-state index in [-0.39, 0.29) is 43.3 Å². The molecule has 9 heteroatoms. The van der Waals surface area contributed by atoms with Crippen LogP contribution in [0.5, 0.6) is 0 Å². The van der Waals surface area contributed by atoms with E-state index in [0.29, 0.717) is 11.6 Å². The van der Waals surface area contributed by atoms with Crippen molar-refractivity contribution in [1.82, 2.24) is 9.88 Å². The first-order valence-electron chi connectivity index (χ1n) is 14.2. The van der Waals surface area contributed by atoms with Gasteiger partial charge in [-0.25, -0.2) is 4.79 Å². The first-order chi connectivity index (χ1) is 19.1. The van der Waals surface area contributed by atoms with Gasteiger partial charge in [-0.05, 0) is 61.6 Å². The van der Waals surface area contributed by atoms with Gasteiger partial charge in [0.2, 0.25) is 0 Å². The Hall–Kier alpha value is -3.03. The van der Waals surface area contributed by atoms with E-state index in [0.717, 1.165) is 62.0 Å². The average Bonchev–Trinajstić information content (AvgIpc) is 2.98. The van der Waals surface area contributed by atoms with E-state index in [9.17, 15) is 4.79 Å². The molecule has 2 heterocycles. The zero-order valence-corrected chi connectivity index (χ0v) is 26.3. The van der Waals surface area contributed by atoms with Gasteiger partial charge < -0.3 is 10.2 Å². The summed E-state index contributed by atoms with van der Waals surface area (Å²) in [5.41, 5.74) is 3.45. The highest BCUT2D eigenvalue weighted by Crippen LogP contribution is 2.43. The lowest BCUT2D eigenvalue weighted by molar-refractivity contribution is 0.0313. The number of urea groups is 1. The number of aromatic nitrogens is 1. The molecule has 42 heavy (non-hydrogen) atoms. The van der Waals surface area contributed by atoms with Crippen LogP contribution in [0.1, 0.15) is 32.6 Å². The summed E-state index contributed by atoms with van der Waals surface area (Å²) in [6, 6.07) is 30.8. The fourth-order valence-corrected chi connectivity index (χ4v) is 6.59. The number of pyridine rings is 1. The second-order valence-corrected chi connectivity index (χ2v) is 11.0. The number of nitrogens with one attached hydrogen (secondary N) is 1. The van der Waals surface area contributed by atoms with Crippen molar-refractivity contribution in [3.63, 3.8) is 0 Å². The Balaban J connectivity index is 0.00000161. The minimum atomic E-state index is -0.393. The normalized spacial score (nSPS) is 20.4. The molecule has 2 unspecified atom stereocenters. The SMILES string of the molecule is CC1CCCC(N2CCN(c3ccccc3)CC2)(N(C(=O)Nc2cnc3ccccc3c2)c2ccccc2)C1.Cl.Cl.Cl. The van der Waals surface area contributed by atoms with Crippen molar-refractivity contribution in [3.05, 3.63) is 97.2 Å². The lowest BCUT2D eigenvalue weighted by atomic mass is 9.79. The predicted octanol–water partition coefficient (Wildman–Crippen LogP) is 8.27. The number of anilines is 3. The third-order valence-corrected chi connectivity index (χ3v) is 8.41. The molecule has 6 rings (SSSR count). The molecule has 1 aliphatic carbocycles. The Kier molecular flexibility index (Phi) is 11.9. The molecular weight excluding hydrogens is 589 g/mol. The quantitative estimate of drug-likeness (QED) is 0.242. The number of hydrogen-bond donors (Lipinski definition) is 1. The van der Waals surface area contributed by atoms with Crippen LogP contribution in [-0.4, -0.2) is 47.8 Å². The van der Waals surface area contributed by atoms with E-state index < -0.39 is 5.66 Å². The number of carbonyl (C=O) groups excluding carboxylic acids is 1. The fraction of sp³-hybridized carbons (Fsp3) is 0.333. The van der Waals surface area contributed by atoms with E-state index in [1.807, 2.05) is 48.5 Å². The largest absolute Gasteiger partial charge is 0.369 e. The summed E-state index contributed by atoms with van der Waals surface area (Å²) >= 11 is 0. The first-order valence-corrected chi connectivity index (χ1v) is 14.2. The van der Waals surface area contributed by atoms with Crippen LogP contribution in [0.4, 0.5) is 21.9 Å². The van der Waals surface area contributed by atoms with Crippen molar-refractivity contribution < 1.29 is 4.79 Å². The minimum Gasteiger partial charge on any atom is -0.369 e. The molecule has 1 saturated heterocycles. The second-order valence-electron chi connectivity index (χ2n) is 11.0. The van der Waals surface area contributed by atoms with Crippen LogP contribution in [0.15, 0.2) is 97.2 Å². The molecule has 0 spiro atoms. The Labute approximate surface area is 267 Å². The molecule has 1 aliphatic heterocycles. The number of fused-ring (bicyclic) bond motifs is 1. The van der Waals surface area contributed by atoms with Crippen LogP contribution in [0.3, 0.4) is 0 Å². The maximum absolute atomic E-state index is 14.3. The summed E-state index contributed by atoms with van der Waals surface area (Å²) < 4.78 is 0. The molecule has 3 aromatic carbocycles. The van der Waals surface area contributed by atoms with Crippen LogP contribution in [0.25, 0.3) is 10.9 Å². The predicted molar refractivity (Wildman–Crippen MR) is 182 cm³/mol. The van der Waals surface area contributed by atoms with Crippen molar-refractivity contribution in [3.8, 4) is 0 Å². The van der Waals surface area contributed by atoms with E-state index in [1.165, 1.54) is 12.1 Å². The summed E-state index contributed by atoms with van der Waals surface area (Å²) in [4.78, 5) is 26.0. The average molecular weight is 629 g/mol. The smallest absolute Gasteiger partial charge is 0.327 e. The van der Waals surface area contributed by atoms with Gasteiger partial charge in [-0.2, -0.15) is 0 Å². The lowest BCUT2D eigenvalue weighted by Crippen LogP contribution is -2.68. The molecule has 1 N–H and O–H groups in total. The second kappa shape index (κ2) is 14.9. The van der Waals surface area contributed by atoms with Crippen LogP contribution in [0, 0.1) is 5.92 Å². The summed E-state index contributed by atoms with van der Waals surface area (Å²) in [6.45, 7) is 6.05. The van der Waals surface area contributed by atoms with Gasteiger partial charge in [0.15, 0.2) is 0 Å². The number of nitrogens with zero attached hydrogens (tertiary/aromatic N) is 4. The molecular formula is C33H40Cl3N5O. The number of para-hydroxylation sites is 3.